The van der Waals surface area contributed by atoms with Crippen molar-refractivity contribution in [2.75, 3.05) is 18.6 Å². The van der Waals surface area contributed by atoms with Crippen molar-refractivity contribution in [1.82, 2.24) is 9.97 Å². The molecule has 1 atom stereocenters. The summed E-state index contributed by atoms with van der Waals surface area (Å²) in [5.74, 6) is -1.01. The summed E-state index contributed by atoms with van der Waals surface area (Å²) in [6.45, 7) is 0.152. The van der Waals surface area contributed by atoms with Crippen LogP contribution in [0.5, 0.6) is 0 Å². The zero-order chi connectivity index (χ0) is 16.6. The molecule has 0 amide bonds. The number of benzene rings is 1. The van der Waals surface area contributed by atoms with Crippen LogP contribution in [0.3, 0.4) is 0 Å². The highest BCUT2D eigenvalue weighted by Gasteiger charge is 2.37. The molecule has 2 heterocycles. The second kappa shape index (κ2) is 6.08. The van der Waals surface area contributed by atoms with Gasteiger partial charge < -0.3 is 9.64 Å². The Morgan fingerprint density at radius 1 is 1.43 bits per heavy atom. The van der Waals surface area contributed by atoms with Crippen LogP contribution in [0.1, 0.15) is 23.5 Å². The number of methoxy groups -OCH3 is 1. The largest absolute Gasteiger partial charge is 0.468 e. The first-order valence-electron chi connectivity index (χ1n) is 6.77. The third kappa shape index (κ3) is 2.72. The normalized spacial score (nSPS) is 16.6. The Morgan fingerprint density at radius 3 is 2.87 bits per heavy atom. The van der Waals surface area contributed by atoms with Gasteiger partial charge in [-0.05, 0) is 23.2 Å². The Bertz CT molecular complexity index is 757. The molecule has 0 saturated heterocycles. The summed E-state index contributed by atoms with van der Waals surface area (Å²) in [5.41, 5.74) is 0.989. The van der Waals surface area contributed by atoms with E-state index in [0.29, 0.717) is 11.3 Å². The van der Waals surface area contributed by atoms with Crippen molar-refractivity contribution < 1.29 is 18.3 Å². The van der Waals surface area contributed by atoms with Crippen LogP contribution in [-0.2, 0) is 9.53 Å². The average Bonchev–Trinajstić information content (AvgIpc) is 2.93. The SMILES string of the molecule is COC(=O)C1CN(c2nc(Cl)ncc2C(F)F)c2ccccc21. The molecule has 1 aromatic heterocycles. The number of rotatable bonds is 3. The lowest BCUT2D eigenvalue weighted by Crippen LogP contribution is -2.23. The fraction of sp³-hybridized carbons (Fsp3) is 0.267. The maximum atomic E-state index is 13.3. The van der Waals surface area contributed by atoms with Crippen LogP contribution in [0.4, 0.5) is 20.3 Å². The topological polar surface area (TPSA) is 55.3 Å². The molecule has 0 bridgehead atoms. The highest BCUT2D eigenvalue weighted by Crippen LogP contribution is 2.43. The van der Waals surface area contributed by atoms with Gasteiger partial charge in [0.1, 0.15) is 11.7 Å². The Hall–Kier alpha value is -2.28. The molecule has 1 aliphatic heterocycles. The monoisotopic (exact) mass is 339 g/mol. The van der Waals surface area contributed by atoms with Crippen molar-refractivity contribution in [3.05, 3.63) is 46.9 Å². The number of carbonyl (C=O) groups is 1. The van der Waals surface area contributed by atoms with E-state index in [1.54, 1.807) is 29.2 Å². The van der Waals surface area contributed by atoms with Crippen LogP contribution in [0.2, 0.25) is 5.28 Å². The van der Waals surface area contributed by atoms with E-state index in [4.69, 9.17) is 16.3 Å². The molecular weight excluding hydrogens is 328 g/mol. The minimum absolute atomic E-state index is 0.00106. The first-order valence-corrected chi connectivity index (χ1v) is 7.15. The van der Waals surface area contributed by atoms with E-state index in [1.165, 1.54) is 7.11 Å². The quantitative estimate of drug-likeness (QED) is 0.633. The summed E-state index contributed by atoms with van der Waals surface area (Å²) >= 11 is 5.77. The molecule has 1 aliphatic rings. The second-order valence-electron chi connectivity index (χ2n) is 4.96. The molecule has 0 aliphatic carbocycles. The number of aromatic nitrogens is 2. The Labute approximate surface area is 135 Å². The molecule has 2 aromatic rings. The molecule has 0 radical (unpaired) electrons. The van der Waals surface area contributed by atoms with E-state index in [0.717, 1.165) is 6.20 Å². The van der Waals surface area contributed by atoms with Crippen molar-refractivity contribution in [2.24, 2.45) is 0 Å². The maximum absolute atomic E-state index is 13.3. The number of alkyl halides is 2. The Morgan fingerprint density at radius 2 is 2.17 bits per heavy atom. The molecule has 8 heteroatoms. The van der Waals surface area contributed by atoms with Gasteiger partial charge in [0.2, 0.25) is 5.28 Å². The first kappa shape index (κ1) is 15.6. The Kier molecular flexibility index (Phi) is 4.12. The van der Waals surface area contributed by atoms with E-state index in [2.05, 4.69) is 9.97 Å². The molecule has 5 nitrogen and oxygen atoms in total. The second-order valence-corrected chi connectivity index (χ2v) is 5.30. The van der Waals surface area contributed by atoms with Gasteiger partial charge >= 0.3 is 5.97 Å². The zero-order valence-corrected chi connectivity index (χ0v) is 12.8. The summed E-state index contributed by atoms with van der Waals surface area (Å²) in [4.78, 5) is 21.1. The first-order chi connectivity index (χ1) is 11.0. The van der Waals surface area contributed by atoms with Crippen LogP contribution in [0.25, 0.3) is 0 Å². The number of para-hydroxylation sites is 1. The highest BCUT2D eigenvalue weighted by atomic mass is 35.5. The molecular formula is C15H12ClF2N3O2. The number of halogens is 3. The van der Waals surface area contributed by atoms with Gasteiger partial charge in [0.15, 0.2) is 0 Å². The number of esters is 1. The molecule has 1 unspecified atom stereocenters. The van der Waals surface area contributed by atoms with Crippen molar-refractivity contribution >= 4 is 29.1 Å². The zero-order valence-electron chi connectivity index (χ0n) is 12.0. The number of carbonyl (C=O) groups excluding carboxylic acids is 1. The van der Waals surface area contributed by atoms with E-state index >= 15 is 0 Å². The highest BCUT2D eigenvalue weighted by molar-refractivity contribution is 6.28. The van der Waals surface area contributed by atoms with E-state index < -0.39 is 18.3 Å². The van der Waals surface area contributed by atoms with Crippen LogP contribution in [-0.4, -0.2) is 29.6 Å². The number of nitrogens with zero attached hydrogens (tertiary/aromatic N) is 3. The van der Waals surface area contributed by atoms with Crippen molar-refractivity contribution in [3.8, 4) is 0 Å². The van der Waals surface area contributed by atoms with E-state index in [-0.39, 0.29) is 23.2 Å². The lowest BCUT2D eigenvalue weighted by molar-refractivity contribution is -0.142. The third-order valence-corrected chi connectivity index (χ3v) is 3.89. The molecule has 0 fully saturated rings. The summed E-state index contributed by atoms with van der Waals surface area (Å²) in [6.07, 6.45) is -1.75. The predicted octanol–water partition coefficient (Wildman–Crippen LogP) is 3.48. The van der Waals surface area contributed by atoms with Crippen molar-refractivity contribution in [2.45, 2.75) is 12.3 Å². The van der Waals surface area contributed by atoms with Crippen LogP contribution < -0.4 is 4.90 Å². The number of fused-ring (bicyclic) bond motifs is 1. The number of hydrogen-bond acceptors (Lipinski definition) is 5. The fourth-order valence-corrected chi connectivity index (χ4v) is 2.81. The number of anilines is 2. The molecule has 23 heavy (non-hydrogen) atoms. The lowest BCUT2D eigenvalue weighted by atomic mass is 10.0. The predicted molar refractivity (Wildman–Crippen MR) is 80.2 cm³/mol. The maximum Gasteiger partial charge on any atom is 0.315 e. The standard InChI is InChI=1S/C15H12ClF2N3O2/c1-23-14(22)10-7-21(11-5-3-2-4-8(10)11)13-9(12(17)18)6-19-15(16)20-13/h2-6,10,12H,7H2,1H3. The molecule has 120 valence electrons. The molecule has 3 rings (SSSR count). The summed E-state index contributed by atoms with van der Waals surface area (Å²) in [6, 6.07) is 7.04. The minimum Gasteiger partial charge on any atom is -0.468 e. The fourth-order valence-electron chi connectivity index (χ4n) is 2.68. The lowest BCUT2D eigenvalue weighted by Gasteiger charge is -2.21. The smallest absolute Gasteiger partial charge is 0.315 e. The van der Waals surface area contributed by atoms with Crippen LogP contribution in [0.15, 0.2) is 30.5 Å². The van der Waals surface area contributed by atoms with Gasteiger partial charge in [-0.15, -0.1) is 0 Å². The molecule has 0 N–H and O–H groups in total. The minimum atomic E-state index is -2.76. The van der Waals surface area contributed by atoms with Gasteiger partial charge in [-0.3, -0.25) is 4.79 Å². The molecule has 0 saturated carbocycles. The van der Waals surface area contributed by atoms with Crippen LogP contribution in [0, 0.1) is 0 Å². The van der Waals surface area contributed by atoms with Crippen molar-refractivity contribution in [1.29, 1.82) is 0 Å². The van der Waals surface area contributed by atoms with Gasteiger partial charge in [-0.25, -0.2) is 13.8 Å². The summed E-state index contributed by atoms with van der Waals surface area (Å²) in [7, 11) is 1.29. The van der Waals surface area contributed by atoms with Gasteiger partial charge in [0.05, 0.1) is 12.7 Å². The molecule has 0 spiro atoms. The average molecular weight is 340 g/mol. The number of hydrogen-bond donors (Lipinski definition) is 0. The van der Waals surface area contributed by atoms with Crippen LogP contribution >= 0.6 is 11.6 Å². The van der Waals surface area contributed by atoms with Crippen molar-refractivity contribution in [3.63, 3.8) is 0 Å². The third-order valence-electron chi connectivity index (χ3n) is 3.71. The van der Waals surface area contributed by atoms with E-state index in [9.17, 15) is 13.6 Å². The van der Waals surface area contributed by atoms with Gasteiger partial charge in [-0.2, -0.15) is 4.98 Å². The summed E-state index contributed by atoms with van der Waals surface area (Å²) < 4.78 is 31.3. The summed E-state index contributed by atoms with van der Waals surface area (Å²) in [5, 5.41) is -0.136. The molecule has 1 aromatic carbocycles. The van der Waals surface area contributed by atoms with E-state index in [1.807, 2.05) is 0 Å². The van der Waals surface area contributed by atoms with Gasteiger partial charge in [0.25, 0.3) is 6.43 Å². The van der Waals surface area contributed by atoms with Gasteiger partial charge in [-0.1, -0.05) is 18.2 Å². The number of ether oxygens (including phenoxy) is 1. The van der Waals surface area contributed by atoms with Gasteiger partial charge in [0, 0.05) is 18.4 Å². The Balaban J connectivity index is 2.12.